The monoisotopic (exact) mass is 670 g/mol. The van der Waals surface area contributed by atoms with Crippen LogP contribution in [0.4, 0.5) is 11.4 Å². The zero-order valence-electron chi connectivity index (χ0n) is 30.5. The minimum absolute atomic E-state index is 0.0460. The standard InChI is InChI=1S/C42H58N2O3S/c1-8-9-14-28-43-36-22-12-10-20-34(36)41(4,5)38(43)26-24-32-18-17-19-33(40(32)31(2)3)25-27-39-42(6,7)35-21-11-13-23-37(35)44(39)29-15-16-30-48(45,46)47/h10-13,20-26,31,39H,8-9,14-19,27-30H2,1-7H3/b26-24+,33-25+. The first-order chi connectivity index (χ1) is 22.8. The van der Waals surface area contributed by atoms with Gasteiger partial charge in [-0.15, -0.1) is 0 Å². The molecule has 0 fully saturated rings. The molecule has 2 aromatic rings. The molecule has 0 spiro atoms. The first kappa shape index (κ1) is 36.3. The zero-order valence-corrected chi connectivity index (χ0v) is 31.3. The van der Waals surface area contributed by atoms with Gasteiger partial charge in [0.25, 0.3) is 0 Å². The van der Waals surface area contributed by atoms with Crippen molar-refractivity contribution in [2.75, 3.05) is 23.7 Å². The number of anilines is 1. The Hall–Kier alpha value is -2.96. The second-order valence-corrected chi connectivity index (χ2v) is 17.1. The minimum atomic E-state index is -4.19. The summed E-state index contributed by atoms with van der Waals surface area (Å²) >= 11 is 0. The third kappa shape index (κ3) is 7.60. The van der Waals surface area contributed by atoms with Gasteiger partial charge >= 0.3 is 0 Å². The lowest BCUT2D eigenvalue weighted by molar-refractivity contribution is -0.438. The molecule has 5 nitrogen and oxygen atoms in total. The molecular weight excluding hydrogens is 613 g/mol. The van der Waals surface area contributed by atoms with Gasteiger partial charge in [0.05, 0.1) is 15.5 Å². The second kappa shape index (κ2) is 14.9. The second-order valence-electron chi connectivity index (χ2n) is 15.5. The summed E-state index contributed by atoms with van der Waals surface area (Å²) in [6, 6.07) is 17.9. The van der Waals surface area contributed by atoms with Crippen LogP contribution in [0.25, 0.3) is 0 Å². The van der Waals surface area contributed by atoms with E-state index in [1.54, 1.807) is 0 Å². The van der Waals surface area contributed by atoms with Crippen molar-refractivity contribution in [3.05, 3.63) is 94.6 Å². The fourth-order valence-electron chi connectivity index (χ4n) is 8.67. The van der Waals surface area contributed by atoms with E-state index in [0.29, 0.717) is 18.8 Å². The topological polar surface area (TPSA) is 63.5 Å². The molecular formula is C42H58N2O3S. The predicted octanol–water partition coefficient (Wildman–Crippen LogP) is 9.75. The molecule has 2 heterocycles. The molecule has 5 rings (SSSR count). The number of allylic oxidation sites excluding steroid dienone is 5. The van der Waals surface area contributed by atoms with Gasteiger partial charge < -0.3 is 9.45 Å². The molecule has 2 aromatic carbocycles. The maximum absolute atomic E-state index is 11.3. The number of nitrogens with zero attached hydrogens (tertiary/aromatic N) is 2. The van der Waals surface area contributed by atoms with E-state index in [0.717, 1.165) is 38.8 Å². The highest BCUT2D eigenvalue weighted by Crippen LogP contribution is 2.47. The van der Waals surface area contributed by atoms with Crippen molar-refractivity contribution in [1.29, 1.82) is 0 Å². The van der Waals surface area contributed by atoms with E-state index < -0.39 is 10.1 Å². The normalized spacial score (nSPS) is 21.2. The van der Waals surface area contributed by atoms with E-state index >= 15 is 0 Å². The Labute approximate surface area is 291 Å². The van der Waals surface area contributed by atoms with Crippen LogP contribution in [-0.2, 0) is 20.9 Å². The number of hydrogen-bond donors (Lipinski definition) is 0. The Morgan fingerprint density at radius 3 is 2.35 bits per heavy atom. The van der Waals surface area contributed by atoms with Crippen molar-refractivity contribution < 1.29 is 17.5 Å². The highest BCUT2D eigenvalue weighted by atomic mass is 32.2. The first-order valence-corrected chi connectivity index (χ1v) is 20.0. The van der Waals surface area contributed by atoms with Crippen LogP contribution in [0.15, 0.2) is 83.5 Å². The van der Waals surface area contributed by atoms with Crippen LogP contribution in [-0.4, -0.2) is 48.1 Å². The molecule has 48 heavy (non-hydrogen) atoms. The molecule has 1 atom stereocenters. The molecule has 0 saturated carbocycles. The SMILES string of the molecule is CCCCC[N+]1=C(/C=C/C2=C(C(C)C)C(=C/CC3N(CCCCS(=O)(=O)[O-])c4ccccc4C3(C)C)/CCC2)C(C)(C)c2ccccc21. The van der Waals surface area contributed by atoms with Gasteiger partial charge in [-0.3, -0.25) is 0 Å². The van der Waals surface area contributed by atoms with E-state index in [-0.39, 0.29) is 22.6 Å². The van der Waals surface area contributed by atoms with Gasteiger partial charge in [-0.2, -0.15) is 4.58 Å². The lowest BCUT2D eigenvalue weighted by Crippen LogP contribution is -2.41. The largest absolute Gasteiger partial charge is 0.748 e. The van der Waals surface area contributed by atoms with Crippen LogP contribution < -0.4 is 4.90 Å². The lowest BCUT2D eigenvalue weighted by Gasteiger charge is -2.35. The summed E-state index contributed by atoms with van der Waals surface area (Å²) < 4.78 is 36.4. The van der Waals surface area contributed by atoms with E-state index in [4.69, 9.17) is 0 Å². The summed E-state index contributed by atoms with van der Waals surface area (Å²) in [7, 11) is -4.19. The summed E-state index contributed by atoms with van der Waals surface area (Å²) in [5.74, 6) is 0.132. The van der Waals surface area contributed by atoms with E-state index in [1.807, 2.05) is 0 Å². The molecule has 0 bridgehead atoms. The van der Waals surface area contributed by atoms with E-state index in [9.17, 15) is 13.0 Å². The maximum atomic E-state index is 11.3. The number of unbranched alkanes of at least 4 members (excludes halogenated alkanes) is 3. The summed E-state index contributed by atoms with van der Waals surface area (Å²) in [4.78, 5) is 2.48. The predicted molar refractivity (Wildman–Crippen MR) is 201 cm³/mol. The van der Waals surface area contributed by atoms with E-state index in [1.165, 1.54) is 64.2 Å². The van der Waals surface area contributed by atoms with E-state index in [2.05, 4.69) is 125 Å². The average molecular weight is 671 g/mol. The van der Waals surface area contributed by atoms with Gasteiger partial charge in [-0.25, -0.2) is 8.42 Å². The summed E-state index contributed by atoms with van der Waals surface area (Å²) in [5.41, 5.74) is 11.1. The van der Waals surface area contributed by atoms with Crippen molar-refractivity contribution in [3.8, 4) is 0 Å². The molecule has 1 unspecified atom stereocenters. The molecule has 3 aliphatic rings. The Balaban J connectivity index is 1.45. The molecule has 260 valence electrons. The fourth-order valence-corrected chi connectivity index (χ4v) is 9.23. The molecule has 6 heteroatoms. The van der Waals surface area contributed by atoms with Gasteiger partial charge in [-0.05, 0) is 93.1 Å². The molecule has 0 aromatic heterocycles. The van der Waals surface area contributed by atoms with Gasteiger partial charge in [0, 0.05) is 53.6 Å². The average Bonchev–Trinajstić information content (AvgIpc) is 3.39. The van der Waals surface area contributed by atoms with Gasteiger partial charge in [-0.1, -0.05) is 89.6 Å². The van der Waals surface area contributed by atoms with Crippen molar-refractivity contribution in [2.45, 2.75) is 123 Å². The molecule has 0 radical (unpaired) electrons. The maximum Gasteiger partial charge on any atom is 0.209 e. The smallest absolute Gasteiger partial charge is 0.209 e. The van der Waals surface area contributed by atoms with Crippen molar-refractivity contribution in [1.82, 2.24) is 0 Å². The molecule has 0 amide bonds. The Kier molecular flexibility index (Phi) is 11.3. The number of fused-ring (bicyclic) bond motifs is 2. The van der Waals surface area contributed by atoms with Crippen LogP contribution >= 0.6 is 0 Å². The minimum Gasteiger partial charge on any atom is -0.748 e. The summed E-state index contributed by atoms with van der Waals surface area (Å²) in [5, 5.41) is 0. The number of hydrogen-bond acceptors (Lipinski definition) is 4. The van der Waals surface area contributed by atoms with Gasteiger partial charge in [0.15, 0.2) is 5.71 Å². The van der Waals surface area contributed by atoms with Crippen LogP contribution in [0.1, 0.15) is 117 Å². The molecule has 0 N–H and O–H groups in total. The fraction of sp³-hybridized carbons (Fsp3) is 0.548. The van der Waals surface area contributed by atoms with Gasteiger partial charge in [0.2, 0.25) is 5.69 Å². The summed E-state index contributed by atoms with van der Waals surface area (Å²) in [6.45, 7) is 18.2. The van der Waals surface area contributed by atoms with Crippen molar-refractivity contribution >= 4 is 27.2 Å². The third-order valence-electron chi connectivity index (χ3n) is 11.1. The Bertz CT molecular complexity index is 1710. The first-order valence-electron chi connectivity index (χ1n) is 18.4. The highest BCUT2D eigenvalue weighted by Gasteiger charge is 2.45. The van der Waals surface area contributed by atoms with Crippen LogP contribution in [0.3, 0.4) is 0 Å². The number of para-hydroxylation sites is 2. The Morgan fingerprint density at radius 1 is 0.938 bits per heavy atom. The van der Waals surface area contributed by atoms with Crippen LogP contribution in [0, 0.1) is 5.92 Å². The zero-order chi connectivity index (χ0) is 34.7. The lowest BCUT2D eigenvalue weighted by atomic mass is 9.77. The molecule has 0 saturated heterocycles. The molecule has 1 aliphatic carbocycles. The van der Waals surface area contributed by atoms with Gasteiger partial charge in [0.1, 0.15) is 6.54 Å². The quantitative estimate of drug-likeness (QED) is 0.114. The van der Waals surface area contributed by atoms with Crippen LogP contribution in [0.5, 0.6) is 0 Å². The Morgan fingerprint density at radius 2 is 1.65 bits per heavy atom. The van der Waals surface area contributed by atoms with Crippen molar-refractivity contribution in [2.24, 2.45) is 5.92 Å². The highest BCUT2D eigenvalue weighted by molar-refractivity contribution is 7.85. The van der Waals surface area contributed by atoms with Crippen LogP contribution in [0.2, 0.25) is 0 Å². The number of rotatable bonds is 14. The molecule has 2 aliphatic heterocycles. The van der Waals surface area contributed by atoms with Crippen molar-refractivity contribution in [3.63, 3.8) is 0 Å². The number of benzene rings is 2. The third-order valence-corrected chi connectivity index (χ3v) is 11.9. The summed E-state index contributed by atoms with van der Waals surface area (Å²) in [6.07, 6.45) is 16.4.